The first-order chi connectivity index (χ1) is 14.6. The van der Waals surface area contributed by atoms with E-state index < -0.39 is 10.8 Å². The van der Waals surface area contributed by atoms with Crippen molar-refractivity contribution in [3.05, 3.63) is 95.9 Å². The molecule has 0 saturated heterocycles. The zero-order valence-electron chi connectivity index (χ0n) is 16.2. The first kappa shape index (κ1) is 19.8. The first-order valence-corrected chi connectivity index (χ1v) is 10.7. The monoisotopic (exact) mass is 418 g/mol. The van der Waals surface area contributed by atoms with E-state index in [0.29, 0.717) is 34.2 Å². The average molecular weight is 419 g/mol. The summed E-state index contributed by atoms with van der Waals surface area (Å²) >= 11 is 0. The second kappa shape index (κ2) is 8.88. The summed E-state index contributed by atoms with van der Waals surface area (Å²) in [6.45, 7) is 0. The Labute approximate surface area is 178 Å². The van der Waals surface area contributed by atoms with Gasteiger partial charge < -0.3 is 20.9 Å². The van der Waals surface area contributed by atoms with Crippen molar-refractivity contribution in [3.8, 4) is 17.2 Å². The predicted molar refractivity (Wildman–Crippen MR) is 121 cm³/mol. The van der Waals surface area contributed by atoms with Crippen molar-refractivity contribution < 1.29 is 13.7 Å². The Morgan fingerprint density at radius 2 is 1.50 bits per heavy atom. The molecule has 30 heavy (non-hydrogen) atoms. The molecule has 1 aliphatic carbocycles. The molecule has 0 spiro atoms. The Bertz CT molecular complexity index is 1120. The third-order valence-corrected chi connectivity index (χ3v) is 5.95. The highest BCUT2D eigenvalue weighted by Crippen LogP contribution is 2.27. The van der Waals surface area contributed by atoms with E-state index in [-0.39, 0.29) is 6.10 Å². The van der Waals surface area contributed by atoms with Crippen LogP contribution < -0.4 is 20.9 Å². The van der Waals surface area contributed by atoms with Gasteiger partial charge in [-0.2, -0.15) is 0 Å². The molecule has 0 heterocycles. The van der Waals surface area contributed by atoms with Crippen LogP contribution in [0.4, 0.5) is 11.4 Å². The van der Waals surface area contributed by atoms with Crippen LogP contribution in [-0.2, 0) is 10.8 Å². The van der Waals surface area contributed by atoms with Crippen LogP contribution in [-0.4, -0.2) is 10.3 Å². The first-order valence-electron chi connectivity index (χ1n) is 9.52. The fraction of sp³-hybridized carbons (Fsp3) is 0.0833. The van der Waals surface area contributed by atoms with Gasteiger partial charge in [0.25, 0.3) is 0 Å². The molecule has 0 aliphatic heterocycles. The molecule has 4 rings (SSSR count). The van der Waals surface area contributed by atoms with Gasteiger partial charge in [-0.3, -0.25) is 0 Å². The summed E-state index contributed by atoms with van der Waals surface area (Å²) in [4.78, 5) is 1.47. The van der Waals surface area contributed by atoms with Gasteiger partial charge in [0.15, 0.2) is 0 Å². The highest BCUT2D eigenvalue weighted by molar-refractivity contribution is 7.89. The van der Waals surface area contributed by atoms with Gasteiger partial charge in [-0.25, -0.2) is 4.21 Å². The molecular weight excluding hydrogens is 396 g/mol. The van der Waals surface area contributed by atoms with Crippen LogP contribution in [0.25, 0.3) is 0 Å². The van der Waals surface area contributed by atoms with E-state index in [4.69, 9.17) is 20.9 Å². The maximum Gasteiger partial charge on any atom is 0.129 e. The minimum absolute atomic E-state index is 0.110. The number of nitrogens with two attached hydrogens (primary N) is 2. The van der Waals surface area contributed by atoms with Gasteiger partial charge in [0.2, 0.25) is 0 Å². The summed E-state index contributed by atoms with van der Waals surface area (Å²) in [5.41, 5.74) is 12.9. The maximum absolute atomic E-state index is 12.9. The lowest BCUT2D eigenvalue weighted by Gasteiger charge is -2.18. The molecule has 3 aromatic carbocycles. The molecule has 0 amide bonds. The molecule has 6 heteroatoms. The summed E-state index contributed by atoms with van der Waals surface area (Å²) in [6, 6.07) is 21.8. The van der Waals surface area contributed by atoms with Crippen LogP contribution in [0.1, 0.15) is 6.42 Å². The fourth-order valence-electron chi connectivity index (χ4n) is 3.05. The minimum Gasteiger partial charge on any atom is -0.486 e. The van der Waals surface area contributed by atoms with Gasteiger partial charge in [-0.1, -0.05) is 18.2 Å². The van der Waals surface area contributed by atoms with Crippen molar-refractivity contribution in [2.45, 2.75) is 17.4 Å². The molecule has 3 aromatic rings. The molecule has 0 radical (unpaired) electrons. The largest absolute Gasteiger partial charge is 0.486 e. The van der Waals surface area contributed by atoms with Gasteiger partial charge in [0.05, 0.1) is 10.8 Å². The van der Waals surface area contributed by atoms with Crippen LogP contribution in [0, 0.1) is 0 Å². The van der Waals surface area contributed by atoms with Gasteiger partial charge in [-0.05, 0) is 60.7 Å². The summed E-state index contributed by atoms with van der Waals surface area (Å²) < 4.78 is 24.6. The Morgan fingerprint density at radius 1 is 0.833 bits per heavy atom. The molecule has 152 valence electrons. The smallest absolute Gasteiger partial charge is 0.129 e. The topological polar surface area (TPSA) is 87.6 Å². The number of benzene rings is 3. The van der Waals surface area contributed by atoms with Crippen molar-refractivity contribution in [3.63, 3.8) is 0 Å². The van der Waals surface area contributed by atoms with E-state index in [9.17, 15) is 4.21 Å². The normalized spacial score (nSPS) is 16.5. The minimum atomic E-state index is -1.27. The van der Waals surface area contributed by atoms with Crippen molar-refractivity contribution >= 4 is 22.2 Å². The summed E-state index contributed by atoms with van der Waals surface area (Å²) in [5.74, 6) is 2.04. The Kier molecular flexibility index (Phi) is 5.86. The predicted octanol–water partition coefficient (Wildman–Crippen LogP) is 5.04. The molecule has 0 fully saturated rings. The SMILES string of the molecule is Nc1cccc(Oc2ccc(S(=O)C3=CCC(Oc4cccc(N)c4)C=C3)cc2)c1. The van der Waals surface area contributed by atoms with Crippen molar-refractivity contribution in [2.75, 3.05) is 11.5 Å². The summed E-state index contributed by atoms with van der Waals surface area (Å²) in [7, 11) is -1.27. The summed E-state index contributed by atoms with van der Waals surface area (Å²) in [5, 5.41) is 0. The summed E-state index contributed by atoms with van der Waals surface area (Å²) in [6.07, 6.45) is 6.26. The third-order valence-electron chi connectivity index (χ3n) is 4.52. The third kappa shape index (κ3) is 4.90. The van der Waals surface area contributed by atoms with E-state index in [1.807, 2.05) is 60.7 Å². The molecule has 1 aliphatic rings. The average Bonchev–Trinajstić information content (AvgIpc) is 2.74. The second-order valence-electron chi connectivity index (χ2n) is 6.84. The van der Waals surface area contributed by atoms with Crippen LogP contribution in [0.2, 0.25) is 0 Å². The highest BCUT2D eigenvalue weighted by Gasteiger charge is 2.15. The van der Waals surface area contributed by atoms with Gasteiger partial charge in [0.1, 0.15) is 23.4 Å². The van der Waals surface area contributed by atoms with E-state index in [1.165, 1.54) is 0 Å². The lowest BCUT2D eigenvalue weighted by atomic mass is 10.1. The molecule has 2 atom stereocenters. The molecule has 0 bridgehead atoms. The van der Waals surface area contributed by atoms with Crippen LogP contribution in [0.5, 0.6) is 17.2 Å². The molecule has 2 unspecified atom stereocenters. The zero-order chi connectivity index (χ0) is 20.9. The lowest BCUT2D eigenvalue weighted by molar-refractivity contribution is 0.251. The quantitative estimate of drug-likeness (QED) is 0.548. The highest BCUT2D eigenvalue weighted by atomic mass is 32.2. The number of hydrogen-bond donors (Lipinski definition) is 2. The van der Waals surface area contributed by atoms with E-state index >= 15 is 0 Å². The zero-order valence-corrected chi connectivity index (χ0v) is 17.0. The Balaban J connectivity index is 1.37. The molecule has 0 aromatic heterocycles. The van der Waals surface area contributed by atoms with Gasteiger partial charge in [0, 0.05) is 39.7 Å². The Hall–Kier alpha value is -3.51. The number of ether oxygens (including phenoxy) is 2. The van der Waals surface area contributed by atoms with Crippen LogP contribution in [0.15, 0.2) is 101 Å². The standard InChI is InChI=1S/C24H22N2O3S/c25-17-3-1-5-21(15-17)28-19-7-11-23(12-8-19)30(27)24-13-9-20(10-14-24)29-22-6-2-4-18(26)16-22/h1-9,11-16,20H,10,25-26H2. The fourth-order valence-corrected chi connectivity index (χ4v) is 4.16. The molecule has 0 saturated carbocycles. The van der Waals surface area contributed by atoms with Crippen LogP contribution >= 0.6 is 0 Å². The van der Waals surface area contributed by atoms with E-state index in [1.54, 1.807) is 30.3 Å². The molecule has 5 nitrogen and oxygen atoms in total. The molecule has 4 N–H and O–H groups in total. The van der Waals surface area contributed by atoms with Crippen molar-refractivity contribution in [2.24, 2.45) is 0 Å². The number of nitrogen functional groups attached to an aromatic ring is 2. The maximum atomic E-state index is 12.9. The van der Waals surface area contributed by atoms with Crippen LogP contribution in [0.3, 0.4) is 0 Å². The number of allylic oxidation sites excluding steroid dienone is 1. The number of hydrogen-bond acceptors (Lipinski definition) is 5. The lowest BCUT2D eigenvalue weighted by Crippen LogP contribution is -2.15. The number of anilines is 2. The second-order valence-corrected chi connectivity index (χ2v) is 8.33. The Morgan fingerprint density at radius 3 is 2.13 bits per heavy atom. The molecular formula is C24H22N2O3S. The van der Waals surface area contributed by atoms with Gasteiger partial charge in [-0.15, -0.1) is 0 Å². The van der Waals surface area contributed by atoms with Crippen molar-refractivity contribution in [1.82, 2.24) is 0 Å². The van der Waals surface area contributed by atoms with E-state index in [2.05, 4.69) is 0 Å². The van der Waals surface area contributed by atoms with E-state index in [0.717, 1.165) is 10.7 Å². The number of rotatable bonds is 6. The van der Waals surface area contributed by atoms with Gasteiger partial charge >= 0.3 is 0 Å². The van der Waals surface area contributed by atoms with Crippen molar-refractivity contribution in [1.29, 1.82) is 0 Å².